The molecular weight excluding hydrogens is 280 g/mol. The third-order valence-electron chi connectivity index (χ3n) is 3.67. The standard InChI is InChI=1S/C13H20N4O2.ClH/c1-8-3-4-15-6-10(8)16-13(19)11-5-9(12(14)18)7-17(11)2;/h5,7-8,10,15H,3-4,6H2,1-2H3,(H2,14,18)(H,16,19);1H. The molecule has 4 N–H and O–H groups in total. The number of nitrogens with zero attached hydrogens (tertiary/aromatic N) is 1. The number of piperidine rings is 1. The van der Waals surface area contributed by atoms with Gasteiger partial charge in [-0.2, -0.15) is 0 Å². The van der Waals surface area contributed by atoms with Crippen LogP contribution in [0, 0.1) is 5.92 Å². The summed E-state index contributed by atoms with van der Waals surface area (Å²) in [5.41, 5.74) is 6.01. The van der Waals surface area contributed by atoms with Crippen molar-refractivity contribution in [3.63, 3.8) is 0 Å². The van der Waals surface area contributed by atoms with E-state index < -0.39 is 5.91 Å². The third-order valence-corrected chi connectivity index (χ3v) is 3.67. The number of primary amides is 1. The fraction of sp³-hybridized carbons (Fsp3) is 0.538. The minimum Gasteiger partial charge on any atom is -0.366 e. The van der Waals surface area contributed by atoms with Gasteiger partial charge in [-0.15, -0.1) is 12.4 Å². The van der Waals surface area contributed by atoms with Crippen LogP contribution in [0.25, 0.3) is 0 Å². The lowest BCUT2D eigenvalue weighted by molar-refractivity contribution is 0.0906. The van der Waals surface area contributed by atoms with Gasteiger partial charge in [0.25, 0.3) is 5.91 Å². The molecular formula is C13H21ClN4O2. The summed E-state index contributed by atoms with van der Waals surface area (Å²) in [4.78, 5) is 23.3. The molecule has 2 heterocycles. The lowest BCUT2D eigenvalue weighted by atomic mass is 9.95. The smallest absolute Gasteiger partial charge is 0.268 e. The van der Waals surface area contributed by atoms with E-state index in [0.717, 1.165) is 19.5 Å². The van der Waals surface area contributed by atoms with Gasteiger partial charge in [0.05, 0.1) is 5.56 Å². The predicted molar refractivity (Wildman–Crippen MR) is 79.1 cm³/mol. The molecule has 112 valence electrons. The van der Waals surface area contributed by atoms with Crippen LogP contribution in [0.2, 0.25) is 0 Å². The van der Waals surface area contributed by atoms with E-state index in [-0.39, 0.29) is 24.4 Å². The Balaban J connectivity index is 0.00000200. The maximum atomic E-state index is 12.2. The number of halogens is 1. The zero-order valence-corrected chi connectivity index (χ0v) is 12.5. The summed E-state index contributed by atoms with van der Waals surface area (Å²) in [6.45, 7) is 3.90. The zero-order valence-electron chi connectivity index (χ0n) is 11.7. The van der Waals surface area contributed by atoms with Crippen molar-refractivity contribution in [3.05, 3.63) is 23.5 Å². The molecule has 1 aromatic heterocycles. The molecule has 2 amide bonds. The van der Waals surface area contributed by atoms with E-state index in [0.29, 0.717) is 17.2 Å². The summed E-state index contributed by atoms with van der Waals surface area (Å²) < 4.78 is 1.62. The number of aromatic nitrogens is 1. The van der Waals surface area contributed by atoms with Gasteiger partial charge in [-0.05, 0) is 24.9 Å². The normalized spacial score (nSPS) is 21.9. The molecule has 1 aromatic rings. The Morgan fingerprint density at radius 1 is 1.50 bits per heavy atom. The van der Waals surface area contributed by atoms with Crippen molar-refractivity contribution in [3.8, 4) is 0 Å². The van der Waals surface area contributed by atoms with E-state index in [2.05, 4.69) is 17.6 Å². The van der Waals surface area contributed by atoms with E-state index in [9.17, 15) is 9.59 Å². The molecule has 2 atom stereocenters. The minimum atomic E-state index is -0.526. The van der Waals surface area contributed by atoms with Crippen molar-refractivity contribution in [1.82, 2.24) is 15.2 Å². The number of carbonyl (C=O) groups excluding carboxylic acids is 2. The Labute approximate surface area is 124 Å². The Kier molecular flexibility index (Phi) is 5.59. The van der Waals surface area contributed by atoms with Crippen LogP contribution >= 0.6 is 12.4 Å². The van der Waals surface area contributed by atoms with Crippen molar-refractivity contribution >= 4 is 24.2 Å². The summed E-state index contributed by atoms with van der Waals surface area (Å²) in [6.07, 6.45) is 2.62. The van der Waals surface area contributed by atoms with Crippen LogP contribution < -0.4 is 16.4 Å². The van der Waals surface area contributed by atoms with Crippen LogP contribution in [-0.2, 0) is 7.05 Å². The van der Waals surface area contributed by atoms with E-state index in [4.69, 9.17) is 5.73 Å². The molecule has 1 aliphatic rings. The largest absolute Gasteiger partial charge is 0.366 e. The van der Waals surface area contributed by atoms with Gasteiger partial charge in [-0.25, -0.2) is 0 Å². The second kappa shape index (κ2) is 6.76. The van der Waals surface area contributed by atoms with Crippen molar-refractivity contribution < 1.29 is 9.59 Å². The van der Waals surface area contributed by atoms with E-state index in [1.807, 2.05) is 0 Å². The number of rotatable bonds is 3. The Morgan fingerprint density at radius 3 is 2.75 bits per heavy atom. The van der Waals surface area contributed by atoms with Gasteiger partial charge in [0.1, 0.15) is 5.69 Å². The summed E-state index contributed by atoms with van der Waals surface area (Å²) >= 11 is 0. The van der Waals surface area contributed by atoms with Gasteiger partial charge >= 0.3 is 0 Å². The minimum absolute atomic E-state index is 0. The quantitative estimate of drug-likeness (QED) is 0.749. The summed E-state index contributed by atoms with van der Waals surface area (Å²) in [7, 11) is 1.73. The second-order valence-electron chi connectivity index (χ2n) is 5.14. The molecule has 0 radical (unpaired) electrons. The highest BCUT2D eigenvalue weighted by Gasteiger charge is 2.24. The molecule has 0 saturated carbocycles. The Hall–Kier alpha value is -1.53. The van der Waals surface area contributed by atoms with E-state index in [1.54, 1.807) is 17.8 Å². The monoisotopic (exact) mass is 300 g/mol. The maximum Gasteiger partial charge on any atom is 0.268 e. The highest BCUT2D eigenvalue weighted by Crippen LogP contribution is 2.13. The lowest BCUT2D eigenvalue weighted by Crippen LogP contribution is -2.50. The predicted octanol–water partition coefficient (Wildman–Crippen LogP) is 0.274. The number of amides is 2. The molecule has 6 nitrogen and oxygen atoms in total. The van der Waals surface area contributed by atoms with Crippen LogP contribution in [0.5, 0.6) is 0 Å². The van der Waals surface area contributed by atoms with Crippen LogP contribution in [-0.4, -0.2) is 35.5 Å². The lowest BCUT2D eigenvalue weighted by Gasteiger charge is -2.30. The molecule has 1 fully saturated rings. The molecule has 0 aliphatic carbocycles. The molecule has 2 rings (SSSR count). The van der Waals surface area contributed by atoms with Crippen molar-refractivity contribution in [2.24, 2.45) is 18.7 Å². The average molecular weight is 301 g/mol. The Bertz CT molecular complexity index is 501. The first-order valence-corrected chi connectivity index (χ1v) is 6.46. The first-order chi connectivity index (χ1) is 8.99. The number of nitrogens with two attached hydrogens (primary N) is 1. The fourth-order valence-electron chi connectivity index (χ4n) is 2.35. The molecule has 1 saturated heterocycles. The number of carbonyl (C=O) groups is 2. The number of nitrogens with one attached hydrogen (secondary N) is 2. The van der Waals surface area contributed by atoms with Gasteiger partial charge in [-0.1, -0.05) is 6.92 Å². The van der Waals surface area contributed by atoms with Crippen molar-refractivity contribution in [2.75, 3.05) is 13.1 Å². The van der Waals surface area contributed by atoms with Crippen LogP contribution in [0.4, 0.5) is 0 Å². The van der Waals surface area contributed by atoms with Gasteiger partial charge < -0.3 is 20.9 Å². The Morgan fingerprint density at radius 2 is 2.20 bits per heavy atom. The van der Waals surface area contributed by atoms with Gasteiger partial charge in [-0.3, -0.25) is 9.59 Å². The fourth-order valence-corrected chi connectivity index (χ4v) is 2.35. The van der Waals surface area contributed by atoms with Gasteiger partial charge in [0, 0.05) is 25.8 Å². The summed E-state index contributed by atoms with van der Waals surface area (Å²) in [6, 6.07) is 1.65. The molecule has 0 spiro atoms. The highest BCUT2D eigenvalue weighted by molar-refractivity contribution is 5.98. The number of hydrogen-bond acceptors (Lipinski definition) is 3. The summed E-state index contributed by atoms with van der Waals surface area (Å²) in [5.74, 6) is -0.251. The maximum absolute atomic E-state index is 12.2. The van der Waals surface area contributed by atoms with Crippen molar-refractivity contribution in [2.45, 2.75) is 19.4 Å². The SMILES string of the molecule is CC1CCNCC1NC(=O)c1cc(C(N)=O)cn1C.Cl. The van der Waals surface area contributed by atoms with Gasteiger partial charge in [0.15, 0.2) is 0 Å². The first-order valence-electron chi connectivity index (χ1n) is 6.46. The number of aryl methyl sites for hydroxylation is 1. The van der Waals surface area contributed by atoms with E-state index in [1.165, 1.54) is 6.07 Å². The first kappa shape index (κ1) is 16.5. The van der Waals surface area contributed by atoms with Crippen LogP contribution in [0.3, 0.4) is 0 Å². The zero-order chi connectivity index (χ0) is 14.0. The molecule has 7 heteroatoms. The third kappa shape index (κ3) is 3.52. The molecule has 0 aromatic carbocycles. The highest BCUT2D eigenvalue weighted by atomic mass is 35.5. The van der Waals surface area contributed by atoms with Crippen molar-refractivity contribution in [1.29, 1.82) is 0 Å². The second-order valence-corrected chi connectivity index (χ2v) is 5.14. The molecule has 1 aliphatic heterocycles. The number of hydrogen-bond donors (Lipinski definition) is 3. The molecule has 2 unspecified atom stereocenters. The molecule has 20 heavy (non-hydrogen) atoms. The van der Waals surface area contributed by atoms with Gasteiger partial charge in [0.2, 0.25) is 5.91 Å². The van der Waals surface area contributed by atoms with Crippen LogP contribution in [0.1, 0.15) is 34.2 Å². The average Bonchev–Trinajstić information content (AvgIpc) is 2.74. The summed E-state index contributed by atoms with van der Waals surface area (Å²) in [5, 5.41) is 6.27. The molecule has 0 bridgehead atoms. The van der Waals surface area contributed by atoms with E-state index >= 15 is 0 Å². The van der Waals surface area contributed by atoms with Crippen LogP contribution in [0.15, 0.2) is 12.3 Å². The topological polar surface area (TPSA) is 89.2 Å².